The van der Waals surface area contributed by atoms with Gasteiger partial charge in [0.1, 0.15) is 5.69 Å². The molecule has 118 valence electrons. The average Bonchev–Trinajstić information content (AvgIpc) is 2.38. The summed E-state index contributed by atoms with van der Waals surface area (Å²) in [5.41, 5.74) is 5.99. The van der Waals surface area contributed by atoms with E-state index in [9.17, 15) is 14.9 Å². The van der Waals surface area contributed by atoms with Crippen LogP contribution in [0.2, 0.25) is 0 Å². The largest absolute Gasteiger partial charge is 0.379 e. The molecule has 4 N–H and O–H groups in total. The van der Waals surface area contributed by atoms with E-state index >= 15 is 0 Å². The lowest BCUT2D eigenvalue weighted by Crippen LogP contribution is -2.30. The second-order valence-corrected chi connectivity index (χ2v) is 4.57. The normalized spacial score (nSPS) is 11.1. The number of amides is 1. The van der Waals surface area contributed by atoms with Gasteiger partial charge >= 0.3 is 0 Å². The summed E-state index contributed by atoms with van der Waals surface area (Å²) in [7, 11) is 0. The van der Waals surface area contributed by atoms with Crippen LogP contribution in [0.1, 0.15) is 19.8 Å². The van der Waals surface area contributed by atoms with E-state index in [4.69, 9.17) is 5.73 Å². The van der Waals surface area contributed by atoms with E-state index in [0.29, 0.717) is 18.8 Å². The number of para-hydroxylation sites is 2. The predicted octanol–water partition coefficient (Wildman–Crippen LogP) is 1.67. The molecule has 1 unspecified atom stereocenters. The Morgan fingerprint density at radius 3 is 2.67 bits per heavy atom. The number of nitrogens with zero attached hydrogens (tertiary/aromatic N) is 1. The lowest BCUT2D eigenvalue weighted by Gasteiger charge is -2.09. The van der Waals surface area contributed by atoms with Gasteiger partial charge in [-0.15, -0.1) is 12.4 Å². The SMILES string of the molecule is CC(N)CCNC(=O)CCNc1ccccc1[N+](=O)[O-].Cl. The highest BCUT2D eigenvalue weighted by atomic mass is 35.5. The molecule has 0 saturated carbocycles. The lowest BCUT2D eigenvalue weighted by atomic mass is 10.2. The molecule has 7 nitrogen and oxygen atoms in total. The molecule has 21 heavy (non-hydrogen) atoms. The molecule has 0 aliphatic heterocycles. The van der Waals surface area contributed by atoms with E-state index in [1.54, 1.807) is 18.2 Å². The van der Waals surface area contributed by atoms with Crippen molar-refractivity contribution < 1.29 is 9.72 Å². The van der Waals surface area contributed by atoms with Crippen molar-refractivity contribution in [3.63, 3.8) is 0 Å². The summed E-state index contributed by atoms with van der Waals surface area (Å²) >= 11 is 0. The van der Waals surface area contributed by atoms with Gasteiger partial charge < -0.3 is 16.4 Å². The van der Waals surface area contributed by atoms with E-state index in [2.05, 4.69) is 10.6 Å². The summed E-state index contributed by atoms with van der Waals surface area (Å²) in [6.07, 6.45) is 0.980. The third-order valence-corrected chi connectivity index (χ3v) is 2.69. The van der Waals surface area contributed by atoms with Crippen molar-refractivity contribution in [2.45, 2.75) is 25.8 Å². The molecule has 1 amide bonds. The molecule has 0 spiro atoms. The van der Waals surface area contributed by atoms with Crippen LogP contribution in [0.4, 0.5) is 11.4 Å². The molecule has 0 saturated heterocycles. The van der Waals surface area contributed by atoms with Crippen LogP contribution in [0, 0.1) is 10.1 Å². The van der Waals surface area contributed by atoms with Crippen molar-refractivity contribution in [2.75, 3.05) is 18.4 Å². The minimum atomic E-state index is -0.453. The number of anilines is 1. The number of carbonyl (C=O) groups is 1. The highest BCUT2D eigenvalue weighted by molar-refractivity contribution is 5.85. The molecule has 0 fully saturated rings. The number of nitro groups is 1. The highest BCUT2D eigenvalue weighted by Crippen LogP contribution is 2.22. The van der Waals surface area contributed by atoms with Gasteiger partial charge in [-0.25, -0.2) is 0 Å². The van der Waals surface area contributed by atoms with Crippen molar-refractivity contribution in [3.05, 3.63) is 34.4 Å². The van der Waals surface area contributed by atoms with Gasteiger partial charge in [0, 0.05) is 31.6 Å². The van der Waals surface area contributed by atoms with Crippen molar-refractivity contribution in [1.82, 2.24) is 5.32 Å². The molecule has 1 aromatic carbocycles. The maximum absolute atomic E-state index is 11.5. The number of halogens is 1. The molecule has 0 heterocycles. The van der Waals surface area contributed by atoms with E-state index in [1.807, 2.05) is 6.92 Å². The third kappa shape index (κ3) is 7.48. The quantitative estimate of drug-likeness (QED) is 0.499. The van der Waals surface area contributed by atoms with E-state index < -0.39 is 4.92 Å². The fourth-order valence-corrected chi connectivity index (χ4v) is 1.62. The summed E-state index contributed by atoms with van der Waals surface area (Å²) < 4.78 is 0. The van der Waals surface area contributed by atoms with Crippen LogP contribution in [0.3, 0.4) is 0 Å². The first-order chi connectivity index (χ1) is 9.50. The monoisotopic (exact) mass is 316 g/mol. The molecule has 0 radical (unpaired) electrons. The summed E-state index contributed by atoms with van der Waals surface area (Å²) in [6.45, 7) is 2.76. The number of hydrogen-bond acceptors (Lipinski definition) is 5. The molecule has 0 bridgehead atoms. The van der Waals surface area contributed by atoms with Gasteiger partial charge in [-0.05, 0) is 19.4 Å². The number of benzene rings is 1. The summed E-state index contributed by atoms with van der Waals surface area (Å²) in [5.74, 6) is -0.100. The first-order valence-corrected chi connectivity index (χ1v) is 6.50. The molecule has 1 aromatic rings. The minimum Gasteiger partial charge on any atom is -0.379 e. The minimum absolute atomic E-state index is 0. The molecule has 0 aliphatic carbocycles. The third-order valence-electron chi connectivity index (χ3n) is 2.69. The summed E-state index contributed by atoms with van der Waals surface area (Å²) in [4.78, 5) is 21.9. The number of nitrogens with one attached hydrogen (secondary N) is 2. The Bertz CT molecular complexity index is 468. The molecule has 8 heteroatoms. The lowest BCUT2D eigenvalue weighted by molar-refractivity contribution is -0.384. The summed E-state index contributed by atoms with van der Waals surface area (Å²) in [6, 6.07) is 6.40. The average molecular weight is 317 g/mol. The van der Waals surface area contributed by atoms with Gasteiger partial charge in [0.15, 0.2) is 0 Å². The van der Waals surface area contributed by atoms with Crippen LogP contribution in [-0.2, 0) is 4.79 Å². The van der Waals surface area contributed by atoms with Crippen LogP contribution in [0.5, 0.6) is 0 Å². The predicted molar refractivity (Wildman–Crippen MR) is 84.7 cm³/mol. The first kappa shape index (κ1) is 19.1. The van der Waals surface area contributed by atoms with Crippen molar-refractivity contribution in [1.29, 1.82) is 0 Å². The topological polar surface area (TPSA) is 110 Å². The summed E-state index contributed by atoms with van der Waals surface area (Å²) in [5, 5.41) is 16.4. The van der Waals surface area contributed by atoms with Crippen LogP contribution < -0.4 is 16.4 Å². The van der Waals surface area contributed by atoms with Crippen LogP contribution in [0.25, 0.3) is 0 Å². The number of nitro benzene ring substituents is 1. The highest BCUT2D eigenvalue weighted by Gasteiger charge is 2.11. The van der Waals surface area contributed by atoms with Gasteiger partial charge in [-0.1, -0.05) is 12.1 Å². The van der Waals surface area contributed by atoms with Crippen LogP contribution in [0.15, 0.2) is 24.3 Å². The number of hydrogen-bond donors (Lipinski definition) is 3. The molecule has 0 aromatic heterocycles. The Hall–Kier alpha value is -1.86. The first-order valence-electron chi connectivity index (χ1n) is 6.50. The van der Waals surface area contributed by atoms with Gasteiger partial charge in [-0.3, -0.25) is 14.9 Å². The van der Waals surface area contributed by atoms with Gasteiger partial charge in [0.05, 0.1) is 4.92 Å². The zero-order valence-electron chi connectivity index (χ0n) is 11.9. The Kier molecular flexibility index (Phi) is 9.07. The molecule has 1 rings (SSSR count). The van der Waals surface area contributed by atoms with Crippen molar-refractivity contribution >= 4 is 29.7 Å². The zero-order valence-corrected chi connectivity index (χ0v) is 12.7. The van der Waals surface area contributed by atoms with Gasteiger partial charge in [-0.2, -0.15) is 0 Å². The Morgan fingerprint density at radius 1 is 1.38 bits per heavy atom. The second kappa shape index (κ2) is 9.95. The fraction of sp³-hybridized carbons (Fsp3) is 0.462. The maximum Gasteiger partial charge on any atom is 0.292 e. The van der Waals surface area contributed by atoms with Crippen molar-refractivity contribution in [3.8, 4) is 0 Å². The van der Waals surface area contributed by atoms with Gasteiger partial charge in [0.25, 0.3) is 5.69 Å². The maximum atomic E-state index is 11.5. The van der Waals surface area contributed by atoms with E-state index in [1.165, 1.54) is 6.07 Å². The second-order valence-electron chi connectivity index (χ2n) is 4.57. The fourth-order valence-electron chi connectivity index (χ4n) is 1.62. The van der Waals surface area contributed by atoms with Crippen molar-refractivity contribution in [2.24, 2.45) is 5.73 Å². The molecular formula is C13H21ClN4O3. The van der Waals surface area contributed by atoms with Crippen LogP contribution in [-0.4, -0.2) is 30.0 Å². The van der Waals surface area contributed by atoms with E-state index in [0.717, 1.165) is 6.42 Å². The number of carbonyl (C=O) groups excluding carboxylic acids is 1. The van der Waals surface area contributed by atoms with Crippen LogP contribution >= 0.6 is 12.4 Å². The standard InChI is InChI=1S/C13H20N4O3.ClH/c1-10(14)6-8-16-13(18)7-9-15-11-4-2-3-5-12(11)17(19)20;/h2-5,10,15H,6-9,14H2,1H3,(H,16,18);1H. The van der Waals surface area contributed by atoms with Gasteiger partial charge in [0.2, 0.25) is 5.91 Å². The smallest absolute Gasteiger partial charge is 0.292 e. The van der Waals surface area contributed by atoms with E-state index in [-0.39, 0.29) is 36.5 Å². The molecule has 0 aliphatic rings. The number of nitrogens with two attached hydrogens (primary N) is 1. The number of rotatable bonds is 8. The molecular weight excluding hydrogens is 296 g/mol. The Labute approximate surface area is 129 Å². The Morgan fingerprint density at radius 2 is 2.05 bits per heavy atom. The zero-order chi connectivity index (χ0) is 15.0. The Balaban J connectivity index is 0.00000400. The molecule has 1 atom stereocenters.